The molecule has 0 fully saturated rings. The SMILES string of the molecule is N[C@@H](CO)CN1C(=O)c2ccccc2C1=O. The molecule has 0 bridgehead atoms. The number of carbonyl (C=O) groups excluding carboxylic acids is 2. The van der Waals surface area contributed by atoms with Gasteiger partial charge in [0, 0.05) is 12.6 Å². The average molecular weight is 220 g/mol. The summed E-state index contributed by atoms with van der Waals surface area (Å²) in [7, 11) is 0. The molecule has 0 spiro atoms. The third-order valence-corrected chi connectivity index (χ3v) is 2.53. The van der Waals surface area contributed by atoms with Crippen LogP contribution in [0.5, 0.6) is 0 Å². The van der Waals surface area contributed by atoms with Gasteiger partial charge in [0.15, 0.2) is 0 Å². The van der Waals surface area contributed by atoms with Gasteiger partial charge in [-0.25, -0.2) is 0 Å². The Balaban J connectivity index is 2.28. The smallest absolute Gasteiger partial charge is 0.261 e. The van der Waals surface area contributed by atoms with Crippen LogP contribution in [0.25, 0.3) is 0 Å². The Morgan fingerprint density at radius 2 is 1.69 bits per heavy atom. The van der Waals surface area contributed by atoms with Gasteiger partial charge in [-0.1, -0.05) is 12.1 Å². The normalized spacial score (nSPS) is 16.5. The summed E-state index contributed by atoms with van der Waals surface area (Å²) in [6, 6.07) is 6.04. The predicted molar refractivity (Wildman–Crippen MR) is 56.9 cm³/mol. The van der Waals surface area contributed by atoms with Gasteiger partial charge < -0.3 is 10.8 Å². The van der Waals surface area contributed by atoms with Crippen LogP contribution in [0.1, 0.15) is 20.7 Å². The maximum Gasteiger partial charge on any atom is 0.261 e. The Hall–Kier alpha value is -1.72. The summed E-state index contributed by atoms with van der Waals surface area (Å²) in [6.07, 6.45) is 0. The molecule has 1 heterocycles. The number of aliphatic hydroxyl groups excluding tert-OH is 1. The molecule has 1 aromatic rings. The Labute approximate surface area is 92.5 Å². The van der Waals surface area contributed by atoms with Gasteiger partial charge >= 0.3 is 0 Å². The number of amides is 2. The molecule has 5 nitrogen and oxygen atoms in total. The molecule has 0 aliphatic carbocycles. The number of carbonyl (C=O) groups is 2. The van der Waals surface area contributed by atoms with Gasteiger partial charge in [-0.3, -0.25) is 14.5 Å². The van der Waals surface area contributed by atoms with E-state index in [0.29, 0.717) is 11.1 Å². The minimum Gasteiger partial charge on any atom is -0.395 e. The van der Waals surface area contributed by atoms with Gasteiger partial charge in [0.25, 0.3) is 11.8 Å². The number of hydrogen-bond donors (Lipinski definition) is 2. The summed E-state index contributed by atoms with van der Waals surface area (Å²) in [5, 5.41) is 8.81. The summed E-state index contributed by atoms with van der Waals surface area (Å²) in [5.41, 5.74) is 6.32. The molecule has 84 valence electrons. The number of imide groups is 1. The number of hydrogen-bond acceptors (Lipinski definition) is 4. The predicted octanol–water partition coefficient (Wildman–Crippen LogP) is -0.398. The lowest BCUT2D eigenvalue weighted by molar-refractivity contribution is 0.0633. The van der Waals surface area contributed by atoms with Crippen molar-refractivity contribution >= 4 is 11.8 Å². The first-order chi connectivity index (χ1) is 7.65. The molecule has 1 aliphatic heterocycles. The average Bonchev–Trinajstić information content (AvgIpc) is 2.55. The number of nitrogens with two attached hydrogens (primary N) is 1. The second kappa shape index (κ2) is 4.03. The van der Waals surface area contributed by atoms with Crippen LogP contribution >= 0.6 is 0 Å². The Morgan fingerprint density at radius 1 is 1.19 bits per heavy atom. The van der Waals surface area contributed by atoms with Gasteiger partial charge in [0.1, 0.15) is 0 Å². The van der Waals surface area contributed by atoms with Gasteiger partial charge in [-0.05, 0) is 12.1 Å². The van der Waals surface area contributed by atoms with Crippen molar-refractivity contribution < 1.29 is 14.7 Å². The minimum atomic E-state index is -0.595. The molecule has 0 saturated carbocycles. The molecule has 0 radical (unpaired) electrons. The molecule has 2 amide bonds. The van der Waals surface area contributed by atoms with Crippen molar-refractivity contribution in [2.75, 3.05) is 13.2 Å². The summed E-state index contributed by atoms with van der Waals surface area (Å²) >= 11 is 0. The summed E-state index contributed by atoms with van der Waals surface area (Å²) in [6.45, 7) is -0.212. The van der Waals surface area contributed by atoms with Gasteiger partial charge in [-0.2, -0.15) is 0 Å². The van der Waals surface area contributed by atoms with Gasteiger partial charge in [0.2, 0.25) is 0 Å². The maximum absolute atomic E-state index is 11.8. The molecule has 5 heteroatoms. The minimum absolute atomic E-state index is 0.0445. The van der Waals surface area contributed by atoms with E-state index in [1.54, 1.807) is 24.3 Å². The second-order valence-corrected chi connectivity index (χ2v) is 3.71. The van der Waals surface area contributed by atoms with Crippen molar-refractivity contribution in [1.82, 2.24) is 4.90 Å². The number of fused-ring (bicyclic) bond motifs is 1. The van der Waals surface area contributed by atoms with Crippen LogP contribution in [0.4, 0.5) is 0 Å². The molecule has 0 aromatic heterocycles. The van der Waals surface area contributed by atoms with E-state index in [1.807, 2.05) is 0 Å². The molecule has 2 rings (SSSR count). The lowest BCUT2D eigenvalue weighted by Gasteiger charge is -2.17. The van der Waals surface area contributed by atoms with Crippen molar-refractivity contribution in [3.63, 3.8) is 0 Å². The van der Waals surface area contributed by atoms with Crippen LogP contribution in [0.3, 0.4) is 0 Å². The lowest BCUT2D eigenvalue weighted by atomic mass is 10.1. The van der Waals surface area contributed by atoms with Gasteiger partial charge in [0.05, 0.1) is 17.7 Å². The molecule has 1 aliphatic rings. The first-order valence-corrected chi connectivity index (χ1v) is 4.97. The highest BCUT2D eigenvalue weighted by atomic mass is 16.3. The zero-order valence-electron chi connectivity index (χ0n) is 8.59. The number of nitrogens with zero attached hydrogens (tertiary/aromatic N) is 1. The fraction of sp³-hybridized carbons (Fsp3) is 0.273. The van der Waals surface area contributed by atoms with Crippen molar-refractivity contribution in [3.05, 3.63) is 35.4 Å². The topological polar surface area (TPSA) is 83.6 Å². The summed E-state index contributed by atoms with van der Waals surface area (Å²) < 4.78 is 0. The van der Waals surface area contributed by atoms with Crippen molar-refractivity contribution in [1.29, 1.82) is 0 Å². The van der Waals surface area contributed by atoms with Crippen LogP contribution in [-0.2, 0) is 0 Å². The molecular formula is C11H12N2O3. The van der Waals surface area contributed by atoms with Gasteiger partial charge in [-0.15, -0.1) is 0 Å². The number of rotatable bonds is 3. The Morgan fingerprint density at radius 3 is 2.12 bits per heavy atom. The van der Waals surface area contributed by atoms with E-state index in [4.69, 9.17) is 10.8 Å². The highest BCUT2D eigenvalue weighted by Gasteiger charge is 2.35. The molecule has 0 unspecified atom stereocenters. The highest BCUT2D eigenvalue weighted by molar-refractivity contribution is 6.21. The molecule has 1 aromatic carbocycles. The van der Waals surface area contributed by atoms with Crippen molar-refractivity contribution in [3.8, 4) is 0 Å². The highest BCUT2D eigenvalue weighted by Crippen LogP contribution is 2.22. The Kier molecular flexibility index (Phi) is 2.72. The standard InChI is InChI=1S/C11H12N2O3/c12-7(6-14)5-13-10(15)8-3-1-2-4-9(8)11(13)16/h1-4,7,14H,5-6,12H2/t7-/m1/s1. The number of benzene rings is 1. The molecule has 16 heavy (non-hydrogen) atoms. The van der Waals surface area contributed by atoms with E-state index in [1.165, 1.54) is 0 Å². The molecule has 1 atom stereocenters. The van der Waals surface area contributed by atoms with Crippen molar-refractivity contribution in [2.24, 2.45) is 5.73 Å². The quantitative estimate of drug-likeness (QED) is 0.679. The Bertz CT molecular complexity index is 410. The molecular weight excluding hydrogens is 208 g/mol. The van der Waals surface area contributed by atoms with Crippen LogP contribution in [-0.4, -0.2) is 41.0 Å². The third kappa shape index (κ3) is 1.60. The van der Waals surface area contributed by atoms with Crippen LogP contribution in [0.2, 0.25) is 0 Å². The van der Waals surface area contributed by atoms with Crippen molar-refractivity contribution in [2.45, 2.75) is 6.04 Å². The fourth-order valence-corrected chi connectivity index (χ4v) is 1.70. The van der Waals surface area contributed by atoms with Crippen LogP contribution in [0.15, 0.2) is 24.3 Å². The van der Waals surface area contributed by atoms with E-state index in [9.17, 15) is 9.59 Å². The maximum atomic E-state index is 11.8. The third-order valence-electron chi connectivity index (χ3n) is 2.53. The zero-order chi connectivity index (χ0) is 11.7. The first kappa shape index (κ1) is 10.8. The summed E-state index contributed by atoms with van der Waals surface area (Å²) in [5.74, 6) is -0.686. The number of aliphatic hydroxyl groups is 1. The molecule has 3 N–H and O–H groups in total. The van der Waals surface area contributed by atoms with Crippen LogP contribution in [0, 0.1) is 0 Å². The fourth-order valence-electron chi connectivity index (χ4n) is 1.70. The van der Waals surface area contributed by atoms with Crippen LogP contribution < -0.4 is 5.73 Å². The lowest BCUT2D eigenvalue weighted by Crippen LogP contribution is -2.42. The van der Waals surface area contributed by atoms with E-state index in [-0.39, 0.29) is 25.0 Å². The summed E-state index contributed by atoms with van der Waals surface area (Å²) in [4.78, 5) is 24.7. The van der Waals surface area contributed by atoms with E-state index in [2.05, 4.69) is 0 Å². The zero-order valence-corrected chi connectivity index (χ0v) is 8.59. The van der Waals surface area contributed by atoms with E-state index < -0.39 is 6.04 Å². The second-order valence-electron chi connectivity index (χ2n) is 3.71. The monoisotopic (exact) mass is 220 g/mol. The molecule has 0 saturated heterocycles. The first-order valence-electron chi connectivity index (χ1n) is 4.97. The van der Waals surface area contributed by atoms with E-state index >= 15 is 0 Å². The van der Waals surface area contributed by atoms with E-state index in [0.717, 1.165) is 4.90 Å². The largest absolute Gasteiger partial charge is 0.395 e.